The summed E-state index contributed by atoms with van der Waals surface area (Å²) >= 11 is 1.62. The Hall–Kier alpha value is -0.740. The summed E-state index contributed by atoms with van der Waals surface area (Å²) in [7, 11) is 0. The lowest BCUT2D eigenvalue weighted by Crippen LogP contribution is -2.51. The van der Waals surface area contributed by atoms with E-state index in [0.717, 1.165) is 30.0 Å². The summed E-state index contributed by atoms with van der Waals surface area (Å²) in [6, 6.07) is 0. The summed E-state index contributed by atoms with van der Waals surface area (Å²) in [6.45, 7) is 6.22. The van der Waals surface area contributed by atoms with Crippen molar-refractivity contribution < 1.29 is 4.79 Å². The molecule has 0 aliphatic heterocycles. The Balaban J connectivity index is 2.07. The molecule has 1 aliphatic rings. The molecule has 2 rings (SSSR count). The number of aryl methyl sites for hydroxylation is 2. The SMILES string of the molecule is Cc1nc(CC(=O)C2(N)CCCC(C)C2)sc1C. The summed E-state index contributed by atoms with van der Waals surface area (Å²) in [5.74, 6) is 0.732. The lowest BCUT2D eigenvalue weighted by molar-refractivity contribution is -0.125. The molecule has 0 spiro atoms. The van der Waals surface area contributed by atoms with E-state index in [1.165, 1.54) is 11.3 Å². The molecular formula is C14H22N2OS. The molecule has 1 aromatic rings. The fraction of sp³-hybridized carbons (Fsp3) is 0.714. The molecule has 4 heteroatoms. The number of nitrogens with two attached hydrogens (primary N) is 1. The molecule has 18 heavy (non-hydrogen) atoms. The van der Waals surface area contributed by atoms with Crippen LogP contribution >= 0.6 is 11.3 Å². The van der Waals surface area contributed by atoms with Gasteiger partial charge in [0.25, 0.3) is 0 Å². The van der Waals surface area contributed by atoms with Crippen molar-refractivity contribution >= 4 is 17.1 Å². The van der Waals surface area contributed by atoms with Crippen molar-refractivity contribution in [2.45, 2.75) is 58.4 Å². The van der Waals surface area contributed by atoms with E-state index in [9.17, 15) is 4.79 Å². The summed E-state index contributed by atoms with van der Waals surface area (Å²) in [4.78, 5) is 18.0. The molecule has 1 saturated carbocycles. The molecule has 2 atom stereocenters. The van der Waals surface area contributed by atoms with E-state index in [4.69, 9.17) is 5.73 Å². The van der Waals surface area contributed by atoms with E-state index < -0.39 is 5.54 Å². The molecule has 1 heterocycles. The zero-order valence-electron chi connectivity index (χ0n) is 11.5. The van der Waals surface area contributed by atoms with Crippen LogP contribution < -0.4 is 5.73 Å². The smallest absolute Gasteiger partial charge is 0.159 e. The second kappa shape index (κ2) is 5.10. The molecule has 3 nitrogen and oxygen atoms in total. The third kappa shape index (κ3) is 2.81. The van der Waals surface area contributed by atoms with E-state index >= 15 is 0 Å². The number of carbonyl (C=O) groups is 1. The van der Waals surface area contributed by atoms with Crippen molar-refractivity contribution in [1.82, 2.24) is 4.98 Å². The summed E-state index contributed by atoms with van der Waals surface area (Å²) in [5, 5.41) is 0.915. The molecule has 0 amide bonds. The Morgan fingerprint density at radius 2 is 2.28 bits per heavy atom. The second-order valence-corrected chi connectivity index (χ2v) is 6.99. The Labute approximate surface area is 113 Å². The van der Waals surface area contributed by atoms with Gasteiger partial charge in [0.05, 0.1) is 17.7 Å². The minimum absolute atomic E-state index is 0.169. The van der Waals surface area contributed by atoms with Gasteiger partial charge in [0, 0.05) is 4.88 Å². The van der Waals surface area contributed by atoms with Crippen molar-refractivity contribution in [3.63, 3.8) is 0 Å². The Kier molecular flexibility index (Phi) is 3.87. The fourth-order valence-electron chi connectivity index (χ4n) is 2.77. The molecule has 0 aromatic carbocycles. The third-order valence-electron chi connectivity index (χ3n) is 3.97. The summed E-state index contributed by atoms with van der Waals surface area (Å²) in [5.41, 5.74) is 6.74. The van der Waals surface area contributed by atoms with Crippen molar-refractivity contribution in [2.75, 3.05) is 0 Å². The van der Waals surface area contributed by atoms with Crippen molar-refractivity contribution in [3.8, 4) is 0 Å². The van der Waals surface area contributed by atoms with Gasteiger partial charge in [-0.15, -0.1) is 11.3 Å². The lowest BCUT2D eigenvalue weighted by Gasteiger charge is -2.35. The van der Waals surface area contributed by atoms with Crippen LogP contribution in [0.25, 0.3) is 0 Å². The summed E-state index contributed by atoms with van der Waals surface area (Å²) < 4.78 is 0. The zero-order valence-corrected chi connectivity index (χ0v) is 12.3. The number of carbonyl (C=O) groups excluding carboxylic acids is 1. The molecule has 1 fully saturated rings. The lowest BCUT2D eigenvalue weighted by atomic mass is 9.74. The fourth-order valence-corrected chi connectivity index (χ4v) is 3.71. The summed E-state index contributed by atoms with van der Waals surface area (Å²) in [6.07, 6.45) is 4.33. The standard InChI is InChI=1S/C14H22N2OS/c1-9-5-4-6-14(15,8-9)12(17)7-13-16-10(2)11(3)18-13/h9H,4-8,15H2,1-3H3. The van der Waals surface area contributed by atoms with Gasteiger partial charge in [0.15, 0.2) is 5.78 Å². The molecule has 0 saturated heterocycles. The Morgan fingerprint density at radius 1 is 1.56 bits per heavy atom. The maximum absolute atomic E-state index is 12.4. The highest BCUT2D eigenvalue weighted by molar-refractivity contribution is 7.11. The third-order valence-corrected chi connectivity index (χ3v) is 5.05. The van der Waals surface area contributed by atoms with Gasteiger partial charge in [0.1, 0.15) is 5.01 Å². The first-order valence-corrected chi connectivity index (χ1v) is 7.47. The number of hydrogen-bond donors (Lipinski definition) is 1. The predicted octanol–water partition coefficient (Wildman–Crippen LogP) is 2.78. The largest absolute Gasteiger partial charge is 0.319 e. The number of thiazole rings is 1. The maximum Gasteiger partial charge on any atom is 0.159 e. The van der Waals surface area contributed by atoms with Crippen LogP contribution in [0.15, 0.2) is 0 Å². The van der Waals surface area contributed by atoms with Crippen LogP contribution in [-0.2, 0) is 11.2 Å². The maximum atomic E-state index is 12.4. The minimum Gasteiger partial charge on any atom is -0.319 e. The number of aromatic nitrogens is 1. The van der Waals surface area contributed by atoms with Gasteiger partial charge in [0.2, 0.25) is 0 Å². The monoisotopic (exact) mass is 266 g/mol. The quantitative estimate of drug-likeness (QED) is 0.915. The van der Waals surface area contributed by atoms with Crippen LogP contribution in [0.1, 0.15) is 48.2 Å². The number of nitrogens with zero attached hydrogens (tertiary/aromatic N) is 1. The van der Waals surface area contributed by atoms with Gasteiger partial charge >= 0.3 is 0 Å². The zero-order chi connectivity index (χ0) is 13.3. The van der Waals surface area contributed by atoms with Gasteiger partial charge in [-0.3, -0.25) is 4.79 Å². The first-order valence-electron chi connectivity index (χ1n) is 6.66. The van der Waals surface area contributed by atoms with Crippen LogP contribution in [0, 0.1) is 19.8 Å². The van der Waals surface area contributed by atoms with E-state index in [-0.39, 0.29) is 5.78 Å². The molecule has 2 unspecified atom stereocenters. The van der Waals surface area contributed by atoms with Crippen molar-refractivity contribution in [2.24, 2.45) is 11.7 Å². The van der Waals surface area contributed by atoms with Crippen LogP contribution in [0.4, 0.5) is 0 Å². The number of rotatable bonds is 3. The minimum atomic E-state index is -0.606. The van der Waals surface area contributed by atoms with Crippen LogP contribution in [0.5, 0.6) is 0 Å². The van der Waals surface area contributed by atoms with Crippen LogP contribution in [0.3, 0.4) is 0 Å². The molecule has 1 aromatic heterocycles. The van der Waals surface area contributed by atoms with E-state index in [0.29, 0.717) is 12.3 Å². The number of ketones is 1. The number of Topliss-reactive ketones (excluding diaryl/α,β-unsaturated/α-hetero) is 1. The molecule has 0 radical (unpaired) electrons. The van der Waals surface area contributed by atoms with Crippen molar-refractivity contribution in [1.29, 1.82) is 0 Å². The predicted molar refractivity (Wildman–Crippen MR) is 74.8 cm³/mol. The highest BCUT2D eigenvalue weighted by Gasteiger charge is 2.37. The van der Waals surface area contributed by atoms with Crippen molar-refractivity contribution in [3.05, 3.63) is 15.6 Å². The first kappa shape index (κ1) is 13.7. The van der Waals surface area contributed by atoms with Crippen LogP contribution in [-0.4, -0.2) is 16.3 Å². The normalized spacial score (nSPS) is 28.3. The molecular weight excluding hydrogens is 244 g/mol. The van der Waals surface area contributed by atoms with E-state index in [2.05, 4.69) is 11.9 Å². The molecule has 2 N–H and O–H groups in total. The van der Waals surface area contributed by atoms with E-state index in [1.54, 1.807) is 11.3 Å². The second-order valence-electron chi connectivity index (χ2n) is 5.71. The van der Waals surface area contributed by atoms with Gasteiger partial charge in [-0.1, -0.05) is 19.8 Å². The molecule has 100 valence electrons. The Morgan fingerprint density at radius 3 is 2.83 bits per heavy atom. The van der Waals surface area contributed by atoms with Gasteiger partial charge in [-0.2, -0.15) is 0 Å². The molecule has 1 aliphatic carbocycles. The van der Waals surface area contributed by atoms with Gasteiger partial charge in [-0.25, -0.2) is 4.98 Å². The highest BCUT2D eigenvalue weighted by atomic mass is 32.1. The average Bonchev–Trinajstić information content (AvgIpc) is 2.57. The van der Waals surface area contributed by atoms with Crippen LogP contribution in [0.2, 0.25) is 0 Å². The Bertz CT molecular complexity index is 435. The first-order chi connectivity index (χ1) is 8.40. The average molecular weight is 266 g/mol. The van der Waals surface area contributed by atoms with Gasteiger partial charge < -0.3 is 5.73 Å². The number of hydrogen-bond acceptors (Lipinski definition) is 4. The highest BCUT2D eigenvalue weighted by Crippen LogP contribution is 2.32. The van der Waals surface area contributed by atoms with E-state index in [1.807, 2.05) is 13.8 Å². The van der Waals surface area contributed by atoms with Gasteiger partial charge in [-0.05, 0) is 32.6 Å². The topological polar surface area (TPSA) is 56.0 Å². The molecule has 0 bridgehead atoms.